The van der Waals surface area contributed by atoms with E-state index in [1.165, 1.54) is 24.3 Å². The summed E-state index contributed by atoms with van der Waals surface area (Å²) >= 11 is 0. The van der Waals surface area contributed by atoms with Gasteiger partial charge >= 0.3 is 0 Å². The minimum absolute atomic E-state index is 0.333. The average molecular weight is 537 g/mol. The molecule has 0 bridgehead atoms. The molecule has 0 fully saturated rings. The summed E-state index contributed by atoms with van der Waals surface area (Å²) in [7, 11) is -1.06. The van der Waals surface area contributed by atoms with Crippen molar-refractivity contribution in [3.63, 3.8) is 0 Å². The molecule has 39 heavy (non-hydrogen) atoms. The van der Waals surface area contributed by atoms with E-state index in [9.17, 15) is 13.0 Å². The van der Waals surface area contributed by atoms with Crippen molar-refractivity contribution in [2.75, 3.05) is 6.26 Å². The Labute approximate surface area is 226 Å². The van der Waals surface area contributed by atoms with Crippen molar-refractivity contribution < 1.29 is 13.0 Å². The number of hydrogen-bond donors (Lipinski definition) is 0. The average Bonchev–Trinajstić information content (AvgIpc) is 3.36. The van der Waals surface area contributed by atoms with Gasteiger partial charge in [-0.15, -0.1) is 0 Å². The maximum atomic E-state index is 14.0. The molecule has 0 spiro atoms. The Morgan fingerprint density at radius 3 is 1.95 bits per heavy atom. The van der Waals surface area contributed by atoms with Crippen LogP contribution in [0.5, 0.6) is 0 Å². The summed E-state index contributed by atoms with van der Waals surface area (Å²) in [4.78, 5) is 10.0. The smallest absolute Gasteiger partial charge is 0.159 e. The molecule has 0 radical (unpaired) electrons. The second-order valence-electron chi connectivity index (χ2n) is 9.10. The van der Waals surface area contributed by atoms with Crippen molar-refractivity contribution in [1.82, 2.24) is 19.7 Å². The number of nitrogens with zero attached hydrogens (tertiary/aromatic N) is 4. The fourth-order valence-corrected chi connectivity index (χ4v) is 5.22. The van der Waals surface area contributed by atoms with Crippen molar-refractivity contribution in [1.29, 1.82) is 0 Å². The molecule has 0 aliphatic carbocycles. The van der Waals surface area contributed by atoms with E-state index in [2.05, 4.69) is 10.1 Å². The van der Waals surface area contributed by atoms with E-state index >= 15 is 0 Å². The van der Waals surface area contributed by atoms with Gasteiger partial charge < -0.3 is 0 Å². The van der Waals surface area contributed by atoms with E-state index in [-0.39, 0.29) is 11.6 Å². The van der Waals surface area contributed by atoms with Crippen molar-refractivity contribution in [3.05, 3.63) is 121 Å². The predicted octanol–water partition coefficient (Wildman–Crippen LogP) is 6.89. The van der Waals surface area contributed by atoms with Crippen LogP contribution >= 0.6 is 0 Å². The monoisotopic (exact) mass is 536 g/mol. The maximum Gasteiger partial charge on any atom is 0.159 e. The largest absolute Gasteiger partial charge is 0.265 e. The fraction of sp³-hybridized carbons (Fsp3) is 0.0645. The lowest BCUT2D eigenvalue weighted by Crippen LogP contribution is -2.04. The topological polar surface area (TPSA) is 60.7 Å². The lowest BCUT2D eigenvalue weighted by molar-refractivity contribution is 0.627. The molecule has 0 N–H and O–H groups in total. The van der Waals surface area contributed by atoms with Crippen molar-refractivity contribution >= 4 is 21.8 Å². The summed E-state index contributed by atoms with van der Waals surface area (Å²) in [5.74, 6) is -0.675. The SMILES string of the molecule is CS(=O)c1ccc(Cn2ncc3c(-c4ccc(F)cc4)c(-c4ccncc4)c(-c4ccc(F)cc4)nc32)cc1. The van der Waals surface area contributed by atoms with Crippen LogP contribution in [-0.2, 0) is 17.3 Å². The summed E-state index contributed by atoms with van der Waals surface area (Å²) in [5, 5.41) is 5.48. The summed E-state index contributed by atoms with van der Waals surface area (Å²) in [6.45, 7) is 0.438. The lowest BCUT2D eigenvalue weighted by Gasteiger charge is -2.17. The zero-order valence-corrected chi connectivity index (χ0v) is 21.7. The molecule has 0 aliphatic rings. The molecule has 3 heterocycles. The second kappa shape index (κ2) is 10.3. The van der Waals surface area contributed by atoms with Gasteiger partial charge in [-0.2, -0.15) is 5.10 Å². The number of fused-ring (bicyclic) bond motifs is 1. The zero-order valence-electron chi connectivity index (χ0n) is 20.9. The molecule has 6 aromatic rings. The van der Waals surface area contributed by atoms with Crippen LogP contribution in [0.1, 0.15) is 5.56 Å². The normalized spacial score (nSPS) is 12.1. The quantitative estimate of drug-likeness (QED) is 0.233. The Balaban J connectivity index is 1.63. The molecule has 1 atom stereocenters. The highest BCUT2D eigenvalue weighted by Crippen LogP contribution is 2.43. The van der Waals surface area contributed by atoms with E-state index in [0.29, 0.717) is 17.9 Å². The van der Waals surface area contributed by atoms with Crippen LogP contribution in [0.2, 0.25) is 0 Å². The van der Waals surface area contributed by atoms with Gasteiger partial charge in [0.25, 0.3) is 0 Å². The molecular formula is C31H22F2N4OS. The first-order valence-corrected chi connectivity index (χ1v) is 13.8. The summed E-state index contributed by atoms with van der Waals surface area (Å²) in [5.41, 5.74) is 6.31. The predicted molar refractivity (Wildman–Crippen MR) is 149 cm³/mol. The highest BCUT2D eigenvalue weighted by molar-refractivity contribution is 7.84. The van der Waals surface area contributed by atoms with Gasteiger partial charge in [-0.25, -0.2) is 18.4 Å². The van der Waals surface area contributed by atoms with Gasteiger partial charge in [-0.1, -0.05) is 24.3 Å². The first kappa shape index (κ1) is 24.8. The first-order chi connectivity index (χ1) is 19.0. The Morgan fingerprint density at radius 1 is 0.744 bits per heavy atom. The van der Waals surface area contributed by atoms with E-state index < -0.39 is 10.8 Å². The summed E-state index contributed by atoms with van der Waals surface area (Å²) < 4.78 is 41.5. The minimum atomic E-state index is -1.06. The minimum Gasteiger partial charge on any atom is -0.265 e. The molecule has 3 aromatic heterocycles. The summed E-state index contributed by atoms with van der Waals surface area (Å²) in [6, 6.07) is 23.9. The zero-order chi connectivity index (χ0) is 26.9. The molecule has 0 saturated heterocycles. The van der Waals surface area contributed by atoms with E-state index in [1.54, 1.807) is 49.1 Å². The molecule has 192 valence electrons. The number of rotatable bonds is 6. The van der Waals surface area contributed by atoms with Crippen molar-refractivity contribution in [3.8, 4) is 33.5 Å². The lowest BCUT2D eigenvalue weighted by atomic mass is 9.89. The van der Waals surface area contributed by atoms with Gasteiger partial charge in [0, 0.05) is 56.4 Å². The number of hydrogen-bond acceptors (Lipinski definition) is 4. The van der Waals surface area contributed by atoms with Crippen LogP contribution in [0, 0.1) is 11.6 Å². The van der Waals surface area contributed by atoms with E-state index in [4.69, 9.17) is 4.98 Å². The molecule has 8 heteroatoms. The van der Waals surface area contributed by atoms with Gasteiger partial charge in [0.05, 0.1) is 18.4 Å². The van der Waals surface area contributed by atoms with Crippen molar-refractivity contribution in [2.45, 2.75) is 11.4 Å². The second-order valence-corrected chi connectivity index (χ2v) is 10.5. The number of benzene rings is 3. The van der Waals surface area contributed by atoms with Crippen LogP contribution < -0.4 is 0 Å². The van der Waals surface area contributed by atoms with Crippen LogP contribution in [0.3, 0.4) is 0 Å². The standard InChI is InChI=1S/C31H22F2N4OS/c1-39(38)26-12-2-20(3-13-26)19-37-31-27(18-35-37)28(21-4-8-24(32)9-5-21)29(22-14-16-34-17-15-22)30(36-31)23-6-10-25(33)11-7-23/h2-18H,19H2,1H3. The van der Waals surface area contributed by atoms with Gasteiger partial charge in [-0.05, 0) is 77.4 Å². The number of pyridine rings is 2. The highest BCUT2D eigenvalue weighted by Gasteiger charge is 2.22. The summed E-state index contributed by atoms with van der Waals surface area (Å²) in [6.07, 6.45) is 6.83. The van der Waals surface area contributed by atoms with Crippen LogP contribution in [-0.4, -0.2) is 30.2 Å². The van der Waals surface area contributed by atoms with Gasteiger partial charge in [-0.3, -0.25) is 9.19 Å². The Morgan fingerprint density at radius 2 is 1.33 bits per heavy atom. The first-order valence-electron chi connectivity index (χ1n) is 12.2. The van der Waals surface area contributed by atoms with Gasteiger partial charge in [0.1, 0.15) is 11.6 Å². The third kappa shape index (κ3) is 4.86. The number of halogens is 2. The van der Waals surface area contributed by atoms with Crippen LogP contribution in [0.4, 0.5) is 8.78 Å². The number of aromatic nitrogens is 4. The Hall–Kier alpha value is -4.56. The molecule has 0 amide bonds. The van der Waals surface area contributed by atoms with Crippen LogP contribution in [0.25, 0.3) is 44.5 Å². The Kier molecular flexibility index (Phi) is 6.54. The molecule has 5 nitrogen and oxygen atoms in total. The fourth-order valence-electron chi connectivity index (χ4n) is 4.70. The van der Waals surface area contributed by atoms with Crippen LogP contribution in [0.15, 0.2) is 108 Å². The van der Waals surface area contributed by atoms with Crippen molar-refractivity contribution in [2.24, 2.45) is 0 Å². The molecule has 1 unspecified atom stereocenters. The molecular weight excluding hydrogens is 514 g/mol. The molecule has 0 saturated carbocycles. The van der Waals surface area contributed by atoms with Gasteiger partial charge in [0.15, 0.2) is 5.65 Å². The molecule has 0 aliphatic heterocycles. The Bertz CT molecular complexity index is 1800. The van der Waals surface area contributed by atoms with Gasteiger partial charge in [0.2, 0.25) is 0 Å². The maximum absolute atomic E-state index is 14.0. The molecule has 3 aromatic carbocycles. The van der Waals surface area contributed by atoms with E-state index in [1.807, 2.05) is 41.1 Å². The third-order valence-electron chi connectivity index (χ3n) is 6.59. The van der Waals surface area contributed by atoms with E-state index in [0.717, 1.165) is 43.7 Å². The third-order valence-corrected chi connectivity index (χ3v) is 7.53. The highest BCUT2D eigenvalue weighted by atomic mass is 32.2. The molecule has 6 rings (SSSR count).